The molecule has 1 heterocycles. The molecule has 0 unspecified atom stereocenters. The molecule has 1 aliphatic rings. The number of benzene rings is 1. The highest BCUT2D eigenvalue weighted by Gasteiger charge is 2.18. The summed E-state index contributed by atoms with van der Waals surface area (Å²) in [5.41, 5.74) is 2.35. The first-order valence-corrected chi connectivity index (χ1v) is 9.95. The van der Waals surface area contributed by atoms with Gasteiger partial charge in [-0.15, -0.1) is 0 Å². The van der Waals surface area contributed by atoms with Gasteiger partial charge in [-0.3, -0.25) is 9.59 Å². The quantitative estimate of drug-likeness (QED) is 0.732. The SMILES string of the molecule is CCN[C@H](C)CNC(=O)c1cc(C)c(OCC(=O)N2CCCCC2)c(C)c1. The first-order valence-electron chi connectivity index (χ1n) is 9.95. The van der Waals surface area contributed by atoms with Gasteiger partial charge in [0.15, 0.2) is 6.61 Å². The van der Waals surface area contributed by atoms with Gasteiger partial charge in [-0.05, 0) is 69.8 Å². The summed E-state index contributed by atoms with van der Waals surface area (Å²) in [5.74, 6) is 0.632. The molecule has 1 atom stereocenters. The number of amides is 2. The van der Waals surface area contributed by atoms with E-state index in [1.54, 1.807) is 0 Å². The van der Waals surface area contributed by atoms with Crippen LogP contribution < -0.4 is 15.4 Å². The Labute approximate surface area is 162 Å². The van der Waals surface area contributed by atoms with Crippen LogP contribution in [0.1, 0.15) is 54.6 Å². The molecule has 0 radical (unpaired) electrons. The Balaban J connectivity index is 1.95. The molecule has 0 bridgehead atoms. The molecule has 0 spiro atoms. The smallest absolute Gasteiger partial charge is 0.260 e. The molecule has 6 nitrogen and oxygen atoms in total. The highest BCUT2D eigenvalue weighted by molar-refractivity contribution is 5.95. The Morgan fingerprint density at radius 3 is 2.37 bits per heavy atom. The predicted octanol–water partition coefficient (Wildman–Crippen LogP) is 2.42. The number of hydrogen-bond acceptors (Lipinski definition) is 4. The van der Waals surface area contributed by atoms with E-state index in [0.29, 0.717) is 17.9 Å². The summed E-state index contributed by atoms with van der Waals surface area (Å²) in [6.45, 7) is 11.0. The Hall–Kier alpha value is -2.08. The van der Waals surface area contributed by atoms with Crippen LogP contribution >= 0.6 is 0 Å². The number of ether oxygens (including phenoxy) is 1. The van der Waals surface area contributed by atoms with Gasteiger partial charge < -0.3 is 20.3 Å². The second kappa shape index (κ2) is 10.3. The van der Waals surface area contributed by atoms with Crippen molar-refractivity contribution in [1.82, 2.24) is 15.5 Å². The largest absolute Gasteiger partial charge is 0.483 e. The summed E-state index contributed by atoms with van der Waals surface area (Å²) >= 11 is 0. The average molecular weight is 376 g/mol. The molecule has 1 aromatic rings. The number of nitrogens with zero attached hydrogens (tertiary/aromatic N) is 1. The molecule has 6 heteroatoms. The summed E-state index contributed by atoms with van der Waals surface area (Å²) in [7, 11) is 0. The van der Waals surface area contributed by atoms with Crippen molar-refractivity contribution < 1.29 is 14.3 Å². The third kappa shape index (κ3) is 6.24. The topological polar surface area (TPSA) is 70.7 Å². The summed E-state index contributed by atoms with van der Waals surface area (Å²) in [6, 6.07) is 3.87. The monoisotopic (exact) mass is 375 g/mol. The second-order valence-corrected chi connectivity index (χ2v) is 7.34. The van der Waals surface area contributed by atoms with Crippen LogP contribution in [0.15, 0.2) is 12.1 Å². The maximum absolute atomic E-state index is 12.4. The van der Waals surface area contributed by atoms with E-state index in [1.807, 2.05) is 44.7 Å². The number of likely N-dealkylation sites (N-methyl/N-ethyl adjacent to an activating group) is 1. The van der Waals surface area contributed by atoms with Gasteiger partial charge in [0, 0.05) is 31.2 Å². The average Bonchev–Trinajstić information content (AvgIpc) is 2.66. The van der Waals surface area contributed by atoms with Crippen molar-refractivity contribution in [2.24, 2.45) is 0 Å². The zero-order valence-corrected chi connectivity index (χ0v) is 17.1. The third-order valence-electron chi connectivity index (χ3n) is 4.89. The van der Waals surface area contributed by atoms with Crippen LogP contribution in [0.3, 0.4) is 0 Å². The Morgan fingerprint density at radius 2 is 1.78 bits per heavy atom. The molecular formula is C21H33N3O3. The van der Waals surface area contributed by atoms with E-state index in [2.05, 4.69) is 10.6 Å². The third-order valence-corrected chi connectivity index (χ3v) is 4.89. The van der Waals surface area contributed by atoms with Gasteiger partial charge >= 0.3 is 0 Å². The van der Waals surface area contributed by atoms with Crippen molar-refractivity contribution in [3.63, 3.8) is 0 Å². The van der Waals surface area contributed by atoms with E-state index >= 15 is 0 Å². The normalized spacial score (nSPS) is 15.3. The van der Waals surface area contributed by atoms with Gasteiger partial charge in [-0.2, -0.15) is 0 Å². The van der Waals surface area contributed by atoms with Crippen molar-refractivity contribution in [3.05, 3.63) is 28.8 Å². The lowest BCUT2D eigenvalue weighted by Crippen LogP contribution is -2.39. The van der Waals surface area contributed by atoms with Gasteiger partial charge in [0.1, 0.15) is 5.75 Å². The molecule has 150 valence electrons. The van der Waals surface area contributed by atoms with Crippen LogP contribution in [0.2, 0.25) is 0 Å². The van der Waals surface area contributed by atoms with E-state index in [-0.39, 0.29) is 24.5 Å². The molecule has 2 N–H and O–H groups in total. The van der Waals surface area contributed by atoms with Crippen molar-refractivity contribution in [2.75, 3.05) is 32.8 Å². The van der Waals surface area contributed by atoms with Crippen molar-refractivity contribution in [1.29, 1.82) is 0 Å². The minimum Gasteiger partial charge on any atom is -0.483 e. The van der Waals surface area contributed by atoms with Crippen molar-refractivity contribution in [2.45, 2.75) is 53.0 Å². The molecule has 0 aliphatic carbocycles. The zero-order chi connectivity index (χ0) is 19.8. The molecule has 1 saturated heterocycles. The van der Waals surface area contributed by atoms with Gasteiger partial charge in [-0.25, -0.2) is 0 Å². The molecule has 27 heavy (non-hydrogen) atoms. The summed E-state index contributed by atoms with van der Waals surface area (Å²) in [4.78, 5) is 26.6. The van der Waals surface area contributed by atoms with Crippen LogP contribution in [0.25, 0.3) is 0 Å². The van der Waals surface area contributed by atoms with Gasteiger partial charge in [0.05, 0.1) is 0 Å². The first kappa shape index (κ1) is 21.2. The van der Waals surface area contributed by atoms with E-state index in [0.717, 1.165) is 43.6 Å². The lowest BCUT2D eigenvalue weighted by molar-refractivity contribution is -0.134. The molecule has 1 aliphatic heterocycles. The maximum atomic E-state index is 12.4. The van der Waals surface area contributed by atoms with Crippen LogP contribution in [0, 0.1) is 13.8 Å². The Kier molecular flexibility index (Phi) is 8.10. The number of nitrogens with one attached hydrogen (secondary N) is 2. The second-order valence-electron chi connectivity index (χ2n) is 7.34. The minimum atomic E-state index is -0.0955. The zero-order valence-electron chi connectivity index (χ0n) is 17.1. The van der Waals surface area contributed by atoms with E-state index in [4.69, 9.17) is 4.74 Å². The van der Waals surface area contributed by atoms with E-state index in [9.17, 15) is 9.59 Å². The Morgan fingerprint density at radius 1 is 1.15 bits per heavy atom. The molecular weight excluding hydrogens is 342 g/mol. The molecule has 1 fully saturated rings. The summed E-state index contributed by atoms with van der Waals surface area (Å²) < 4.78 is 5.81. The fourth-order valence-electron chi connectivity index (χ4n) is 3.45. The van der Waals surface area contributed by atoms with Gasteiger partial charge in [-0.1, -0.05) is 6.92 Å². The number of piperidine rings is 1. The molecule has 0 aromatic heterocycles. The van der Waals surface area contributed by atoms with Crippen molar-refractivity contribution >= 4 is 11.8 Å². The predicted molar refractivity (Wildman–Crippen MR) is 107 cm³/mol. The Bertz CT molecular complexity index is 631. The van der Waals surface area contributed by atoms with E-state index in [1.165, 1.54) is 6.42 Å². The molecule has 1 aromatic carbocycles. The first-order chi connectivity index (χ1) is 12.9. The number of carbonyl (C=O) groups excluding carboxylic acids is 2. The van der Waals surface area contributed by atoms with Crippen LogP contribution in [-0.2, 0) is 4.79 Å². The van der Waals surface area contributed by atoms with Crippen molar-refractivity contribution in [3.8, 4) is 5.75 Å². The highest BCUT2D eigenvalue weighted by atomic mass is 16.5. The van der Waals surface area contributed by atoms with E-state index < -0.39 is 0 Å². The fraction of sp³-hybridized carbons (Fsp3) is 0.619. The van der Waals surface area contributed by atoms with Gasteiger partial charge in [0.25, 0.3) is 11.8 Å². The molecule has 2 amide bonds. The minimum absolute atomic E-state index is 0.0349. The highest BCUT2D eigenvalue weighted by Crippen LogP contribution is 2.25. The van der Waals surface area contributed by atoms with Crippen LogP contribution in [0.5, 0.6) is 5.75 Å². The lowest BCUT2D eigenvalue weighted by atomic mass is 10.0. The summed E-state index contributed by atoms with van der Waals surface area (Å²) in [6.07, 6.45) is 3.33. The number of carbonyl (C=O) groups is 2. The maximum Gasteiger partial charge on any atom is 0.260 e. The number of aryl methyl sites for hydroxylation is 2. The standard InChI is InChI=1S/C21H33N3O3/c1-5-22-17(4)13-23-21(26)18-11-15(2)20(16(3)12-18)27-14-19(25)24-9-7-6-8-10-24/h11-12,17,22H,5-10,13-14H2,1-4H3,(H,23,26)/t17-/m1/s1. The van der Waals surface area contributed by atoms with Crippen LogP contribution in [-0.4, -0.2) is 55.5 Å². The molecule has 2 rings (SSSR count). The summed E-state index contributed by atoms with van der Waals surface area (Å²) in [5, 5.41) is 6.22. The van der Waals surface area contributed by atoms with Gasteiger partial charge in [0.2, 0.25) is 0 Å². The number of hydrogen-bond donors (Lipinski definition) is 2. The lowest BCUT2D eigenvalue weighted by Gasteiger charge is -2.26. The fourth-order valence-corrected chi connectivity index (χ4v) is 3.45. The van der Waals surface area contributed by atoms with Crippen LogP contribution in [0.4, 0.5) is 0 Å². The number of rotatable bonds is 8. The molecule has 0 saturated carbocycles. The number of likely N-dealkylation sites (tertiary alicyclic amines) is 1.